The number of nitrogens with one attached hydrogen (secondary N) is 1. The van der Waals surface area contributed by atoms with E-state index in [4.69, 9.17) is 10.4 Å². The van der Waals surface area contributed by atoms with Crippen LogP contribution in [0.1, 0.15) is 40.5 Å². The van der Waals surface area contributed by atoms with E-state index >= 15 is 0 Å². The first-order valence-electron chi connectivity index (χ1n) is 6.61. The minimum absolute atomic E-state index is 0.00500. The zero-order chi connectivity index (χ0) is 15.8. The Kier molecular flexibility index (Phi) is 7.37. The van der Waals surface area contributed by atoms with Crippen LogP contribution in [-0.4, -0.2) is 40.5 Å². The molecule has 0 heterocycles. The summed E-state index contributed by atoms with van der Waals surface area (Å²) in [5.41, 5.74) is -0.155. The summed E-state index contributed by atoms with van der Waals surface area (Å²) >= 11 is 0. The summed E-state index contributed by atoms with van der Waals surface area (Å²) in [6, 6.07) is 1.88. The molecule has 0 aliphatic heterocycles. The van der Waals surface area contributed by atoms with Crippen molar-refractivity contribution in [3.63, 3.8) is 0 Å². The van der Waals surface area contributed by atoms with Crippen molar-refractivity contribution >= 4 is 11.9 Å². The van der Waals surface area contributed by atoms with Gasteiger partial charge in [0.05, 0.1) is 0 Å². The topological polar surface area (TPSA) is 93.4 Å². The third-order valence-corrected chi connectivity index (χ3v) is 2.71. The Bertz CT molecular complexity index is 416. The summed E-state index contributed by atoms with van der Waals surface area (Å²) < 4.78 is 0. The lowest BCUT2D eigenvalue weighted by atomic mass is 10.1. The highest BCUT2D eigenvalue weighted by molar-refractivity contribution is 5.97. The van der Waals surface area contributed by atoms with Crippen LogP contribution in [0, 0.1) is 11.3 Å². The number of carbonyl (C=O) groups excluding carboxylic acids is 1. The van der Waals surface area contributed by atoms with Crippen molar-refractivity contribution in [2.45, 2.75) is 46.1 Å². The third-order valence-electron chi connectivity index (χ3n) is 2.71. The van der Waals surface area contributed by atoms with Gasteiger partial charge in [-0.3, -0.25) is 9.59 Å². The molecular formula is C14H23N3O3. The minimum atomic E-state index is -0.903. The van der Waals surface area contributed by atoms with Gasteiger partial charge in [-0.1, -0.05) is 0 Å². The van der Waals surface area contributed by atoms with Crippen LogP contribution < -0.4 is 5.32 Å². The summed E-state index contributed by atoms with van der Waals surface area (Å²) in [6.07, 6.45) is 1.89. The summed E-state index contributed by atoms with van der Waals surface area (Å²) in [7, 11) is 0. The van der Waals surface area contributed by atoms with Crippen molar-refractivity contribution in [2.24, 2.45) is 0 Å². The highest BCUT2D eigenvalue weighted by Crippen LogP contribution is 2.14. The van der Waals surface area contributed by atoms with E-state index in [0.29, 0.717) is 13.0 Å². The standard InChI is InChI=1S/C14H23N3O3/c1-5-17(14(2,3)4)10-11(9-15)13(20)16-8-6-7-12(18)19/h10H,5-8H2,1-4H3,(H,16,20)(H,18,19)/b11-10-. The van der Waals surface area contributed by atoms with Gasteiger partial charge in [-0.05, 0) is 34.1 Å². The SMILES string of the molecule is CCN(/C=C(/C#N)C(=O)NCCCC(=O)O)C(C)(C)C. The molecule has 0 atom stereocenters. The van der Waals surface area contributed by atoms with Gasteiger partial charge in [-0.2, -0.15) is 5.26 Å². The molecule has 6 nitrogen and oxygen atoms in total. The molecule has 2 N–H and O–H groups in total. The molecule has 0 rings (SSSR count). The van der Waals surface area contributed by atoms with Crippen LogP contribution in [0.4, 0.5) is 0 Å². The molecule has 0 aromatic heterocycles. The maximum atomic E-state index is 11.8. The lowest BCUT2D eigenvalue weighted by Gasteiger charge is -2.33. The van der Waals surface area contributed by atoms with Crippen LogP contribution in [0.3, 0.4) is 0 Å². The molecule has 0 bridgehead atoms. The van der Waals surface area contributed by atoms with Gasteiger partial charge in [0.1, 0.15) is 11.6 Å². The quantitative estimate of drug-likeness (QED) is 0.419. The molecule has 0 saturated heterocycles. The lowest BCUT2D eigenvalue weighted by molar-refractivity contribution is -0.137. The largest absolute Gasteiger partial charge is 0.481 e. The summed E-state index contributed by atoms with van der Waals surface area (Å²) in [4.78, 5) is 24.1. The Hall–Kier alpha value is -2.03. The van der Waals surface area contributed by atoms with Crippen molar-refractivity contribution < 1.29 is 14.7 Å². The van der Waals surface area contributed by atoms with Crippen molar-refractivity contribution in [2.75, 3.05) is 13.1 Å². The average Bonchev–Trinajstić information content (AvgIpc) is 2.33. The zero-order valence-electron chi connectivity index (χ0n) is 12.6. The maximum Gasteiger partial charge on any atom is 0.303 e. The molecule has 0 radical (unpaired) electrons. The van der Waals surface area contributed by atoms with Gasteiger partial charge in [0.15, 0.2) is 0 Å². The number of hydrogen-bond acceptors (Lipinski definition) is 4. The minimum Gasteiger partial charge on any atom is -0.481 e. The highest BCUT2D eigenvalue weighted by Gasteiger charge is 2.19. The molecule has 0 unspecified atom stereocenters. The van der Waals surface area contributed by atoms with E-state index in [1.807, 2.05) is 38.7 Å². The van der Waals surface area contributed by atoms with E-state index in [1.54, 1.807) is 6.20 Å². The fraction of sp³-hybridized carbons (Fsp3) is 0.643. The second kappa shape index (κ2) is 8.20. The van der Waals surface area contributed by atoms with Gasteiger partial charge in [0.25, 0.3) is 5.91 Å². The normalized spacial score (nSPS) is 11.7. The van der Waals surface area contributed by atoms with Gasteiger partial charge >= 0.3 is 5.97 Å². The van der Waals surface area contributed by atoms with Crippen LogP contribution in [-0.2, 0) is 9.59 Å². The molecule has 0 aromatic rings. The first kappa shape index (κ1) is 18.0. The lowest BCUT2D eigenvalue weighted by Crippen LogP contribution is -2.38. The van der Waals surface area contributed by atoms with E-state index in [9.17, 15) is 9.59 Å². The van der Waals surface area contributed by atoms with E-state index in [2.05, 4.69) is 5.32 Å². The van der Waals surface area contributed by atoms with Gasteiger partial charge < -0.3 is 15.3 Å². The predicted octanol–water partition coefficient (Wildman–Crippen LogP) is 1.50. The van der Waals surface area contributed by atoms with E-state index in [0.717, 1.165) is 0 Å². The monoisotopic (exact) mass is 281 g/mol. The molecule has 6 heteroatoms. The number of carboxylic acids is 1. The Balaban J connectivity index is 4.62. The van der Waals surface area contributed by atoms with Crippen LogP contribution in [0.25, 0.3) is 0 Å². The Morgan fingerprint density at radius 1 is 1.40 bits per heavy atom. The molecule has 20 heavy (non-hydrogen) atoms. The fourth-order valence-electron chi connectivity index (χ4n) is 1.59. The maximum absolute atomic E-state index is 11.8. The highest BCUT2D eigenvalue weighted by atomic mass is 16.4. The molecule has 0 saturated carbocycles. The molecule has 0 fully saturated rings. The Morgan fingerprint density at radius 2 is 2.00 bits per heavy atom. The van der Waals surface area contributed by atoms with Crippen LogP contribution in [0.5, 0.6) is 0 Å². The van der Waals surface area contributed by atoms with E-state index in [-0.39, 0.29) is 24.1 Å². The number of hydrogen-bond donors (Lipinski definition) is 2. The fourth-order valence-corrected chi connectivity index (χ4v) is 1.59. The summed E-state index contributed by atoms with van der Waals surface area (Å²) in [6.45, 7) is 8.85. The molecule has 112 valence electrons. The zero-order valence-corrected chi connectivity index (χ0v) is 12.6. The molecular weight excluding hydrogens is 258 g/mol. The van der Waals surface area contributed by atoms with Gasteiger partial charge in [0.2, 0.25) is 0 Å². The molecule has 0 spiro atoms. The summed E-state index contributed by atoms with van der Waals surface area (Å²) in [5, 5.41) is 20.1. The van der Waals surface area contributed by atoms with Crippen LogP contribution in [0.2, 0.25) is 0 Å². The summed E-state index contributed by atoms with van der Waals surface area (Å²) in [5.74, 6) is -1.37. The molecule has 1 amide bonds. The predicted molar refractivity (Wildman–Crippen MR) is 75.7 cm³/mol. The van der Waals surface area contributed by atoms with Crippen molar-refractivity contribution in [1.82, 2.24) is 10.2 Å². The molecule has 0 aliphatic rings. The third kappa shape index (κ3) is 6.78. The number of nitrogens with zero attached hydrogens (tertiary/aromatic N) is 2. The Morgan fingerprint density at radius 3 is 2.40 bits per heavy atom. The second-order valence-corrected chi connectivity index (χ2v) is 5.36. The van der Waals surface area contributed by atoms with Crippen LogP contribution >= 0.6 is 0 Å². The number of carboxylic acid groups (broad SMARTS) is 1. The smallest absolute Gasteiger partial charge is 0.303 e. The van der Waals surface area contributed by atoms with Crippen LogP contribution in [0.15, 0.2) is 11.8 Å². The number of rotatable bonds is 7. The molecule has 0 aliphatic carbocycles. The first-order chi connectivity index (χ1) is 9.22. The number of aliphatic carboxylic acids is 1. The Labute approximate surface area is 120 Å². The first-order valence-corrected chi connectivity index (χ1v) is 6.61. The van der Waals surface area contributed by atoms with Crippen molar-refractivity contribution in [3.8, 4) is 6.07 Å². The second-order valence-electron chi connectivity index (χ2n) is 5.36. The van der Waals surface area contributed by atoms with Crippen molar-refractivity contribution in [1.29, 1.82) is 5.26 Å². The van der Waals surface area contributed by atoms with E-state index < -0.39 is 11.9 Å². The van der Waals surface area contributed by atoms with Gasteiger partial charge in [-0.15, -0.1) is 0 Å². The number of carbonyl (C=O) groups is 2. The van der Waals surface area contributed by atoms with Crippen molar-refractivity contribution in [3.05, 3.63) is 11.8 Å². The molecule has 0 aromatic carbocycles. The van der Waals surface area contributed by atoms with E-state index in [1.165, 1.54) is 0 Å². The van der Waals surface area contributed by atoms with Gasteiger partial charge in [-0.25, -0.2) is 0 Å². The number of amides is 1. The van der Waals surface area contributed by atoms with Gasteiger partial charge in [0, 0.05) is 31.2 Å². The number of nitriles is 1. The average molecular weight is 281 g/mol.